The molecule has 122 valence electrons. The van der Waals surface area contributed by atoms with Crippen molar-refractivity contribution < 1.29 is 14.7 Å². The van der Waals surface area contributed by atoms with Crippen LogP contribution in [0.2, 0.25) is 5.02 Å². The summed E-state index contributed by atoms with van der Waals surface area (Å²) < 4.78 is 0. The fourth-order valence-electron chi connectivity index (χ4n) is 2.26. The zero-order valence-electron chi connectivity index (χ0n) is 12.5. The number of nitrogens with one attached hydrogen (secondary N) is 1. The van der Waals surface area contributed by atoms with E-state index >= 15 is 0 Å². The minimum absolute atomic E-state index is 0.0143. The maximum atomic E-state index is 12.2. The molecule has 23 heavy (non-hydrogen) atoms. The Morgan fingerprint density at radius 2 is 1.96 bits per heavy atom. The van der Waals surface area contributed by atoms with E-state index in [1.807, 2.05) is 41.8 Å². The standard InChI is InChI=1S/C17H18ClNO3S/c18-13-10-14(23-11-13)6-8-16(20)19-15(7-9-17(21)22)12-4-2-1-3-5-12/h1-5,10-11,15H,6-9H2,(H,19,20)(H,21,22). The van der Waals surface area contributed by atoms with Crippen molar-refractivity contribution in [3.8, 4) is 0 Å². The largest absolute Gasteiger partial charge is 0.481 e. The van der Waals surface area contributed by atoms with Gasteiger partial charge < -0.3 is 10.4 Å². The minimum Gasteiger partial charge on any atom is -0.481 e. The number of carboxylic acid groups (broad SMARTS) is 1. The minimum atomic E-state index is -0.867. The van der Waals surface area contributed by atoms with Gasteiger partial charge in [0.2, 0.25) is 5.91 Å². The van der Waals surface area contributed by atoms with E-state index < -0.39 is 5.97 Å². The zero-order chi connectivity index (χ0) is 16.7. The van der Waals surface area contributed by atoms with E-state index in [0.29, 0.717) is 24.3 Å². The lowest BCUT2D eigenvalue weighted by Crippen LogP contribution is -2.29. The van der Waals surface area contributed by atoms with Crippen LogP contribution in [0.15, 0.2) is 41.8 Å². The number of aliphatic carboxylic acids is 1. The van der Waals surface area contributed by atoms with Gasteiger partial charge >= 0.3 is 5.97 Å². The third-order valence-corrected chi connectivity index (χ3v) is 4.75. The van der Waals surface area contributed by atoms with Crippen molar-refractivity contribution in [2.75, 3.05) is 0 Å². The van der Waals surface area contributed by atoms with Gasteiger partial charge in [0.15, 0.2) is 0 Å². The van der Waals surface area contributed by atoms with Crippen molar-refractivity contribution in [2.24, 2.45) is 0 Å². The molecular weight excluding hydrogens is 334 g/mol. The van der Waals surface area contributed by atoms with E-state index in [2.05, 4.69) is 5.32 Å². The Morgan fingerprint density at radius 3 is 2.57 bits per heavy atom. The first-order chi connectivity index (χ1) is 11.0. The molecule has 1 amide bonds. The van der Waals surface area contributed by atoms with Crippen LogP contribution in [0.5, 0.6) is 0 Å². The average molecular weight is 352 g/mol. The van der Waals surface area contributed by atoms with Crippen LogP contribution in [-0.2, 0) is 16.0 Å². The van der Waals surface area contributed by atoms with Crippen LogP contribution in [0.3, 0.4) is 0 Å². The van der Waals surface area contributed by atoms with Gasteiger partial charge in [-0.05, 0) is 24.5 Å². The van der Waals surface area contributed by atoms with Crippen molar-refractivity contribution in [3.05, 3.63) is 57.2 Å². The monoisotopic (exact) mass is 351 g/mol. The molecule has 1 aromatic carbocycles. The molecule has 1 aromatic heterocycles. The molecule has 0 aliphatic carbocycles. The van der Waals surface area contributed by atoms with E-state index in [-0.39, 0.29) is 18.4 Å². The molecule has 6 heteroatoms. The third kappa shape index (κ3) is 6.04. The molecule has 1 unspecified atom stereocenters. The number of carbonyl (C=O) groups excluding carboxylic acids is 1. The van der Waals surface area contributed by atoms with Gasteiger partial charge in [0, 0.05) is 23.1 Å². The Hall–Kier alpha value is -1.85. The number of amides is 1. The molecular formula is C17H18ClNO3S. The Balaban J connectivity index is 1.93. The lowest BCUT2D eigenvalue weighted by atomic mass is 10.0. The van der Waals surface area contributed by atoms with Gasteiger partial charge in [0.25, 0.3) is 0 Å². The van der Waals surface area contributed by atoms with Crippen molar-refractivity contribution in [3.63, 3.8) is 0 Å². The van der Waals surface area contributed by atoms with Crippen LogP contribution < -0.4 is 5.32 Å². The SMILES string of the molecule is O=C(O)CCC(NC(=O)CCc1cc(Cl)cs1)c1ccccc1. The molecule has 0 radical (unpaired) electrons. The predicted molar refractivity (Wildman–Crippen MR) is 91.8 cm³/mol. The van der Waals surface area contributed by atoms with Gasteiger partial charge in [-0.1, -0.05) is 41.9 Å². The topological polar surface area (TPSA) is 66.4 Å². The molecule has 0 saturated carbocycles. The molecule has 0 bridgehead atoms. The van der Waals surface area contributed by atoms with Crippen LogP contribution in [0, 0.1) is 0 Å². The first-order valence-electron chi connectivity index (χ1n) is 7.33. The van der Waals surface area contributed by atoms with Crippen molar-refractivity contribution in [2.45, 2.75) is 31.7 Å². The maximum absolute atomic E-state index is 12.2. The van der Waals surface area contributed by atoms with Crippen molar-refractivity contribution in [1.29, 1.82) is 0 Å². The summed E-state index contributed by atoms with van der Waals surface area (Å²) in [6.45, 7) is 0. The van der Waals surface area contributed by atoms with Gasteiger partial charge in [0.1, 0.15) is 0 Å². The van der Waals surface area contributed by atoms with E-state index in [4.69, 9.17) is 16.7 Å². The molecule has 0 aliphatic heterocycles. The number of thiophene rings is 1. The quantitative estimate of drug-likeness (QED) is 0.753. The highest BCUT2D eigenvalue weighted by Crippen LogP contribution is 2.21. The van der Waals surface area contributed by atoms with Gasteiger partial charge in [-0.2, -0.15) is 0 Å². The summed E-state index contributed by atoms with van der Waals surface area (Å²) in [5, 5.41) is 14.3. The predicted octanol–water partition coefficient (Wildman–Crippen LogP) is 4.06. The molecule has 2 N–H and O–H groups in total. The fraction of sp³-hybridized carbons (Fsp3) is 0.294. The van der Waals surface area contributed by atoms with Crippen LogP contribution >= 0.6 is 22.9 Å². The smallest absolute Gasteiger partial charge is 0.303 e. The van der Waals surface area contributed by atoms with E-state index in [0.717, 1.165) is 10.4 Å². The van der Waals surface area contributed by atoms with Crippen molar-refractivity contribution in [1.82, 2.24) is 5.32 Å². The van der Waals surface area contributed by atoms with E-state index in [9.17, 15) is 9.59 Å². The van der Waals surface area contributed by atoms with Gasteiger partial charge in [-0.3, -0.25) is 9.59 Å². The third-order valence-electron chi connectivity index (χ3n) is 3.40. The summed E-state index contributed by atoms with van der Waals surface area (Å²) in [4.78, 5) is 24.0. The first kappa shape index (κ1) is 17.5. The fourth-order valence-corrected chi connectivity index (χ4v) is 3.34. The molecule has 0 fully saturated rings. The maximum Gasteiger partial charge on any atom is 0.303 e. The van der Waals surface area contributed by atoms with Gasteiger partial charge in [-0.15, -0.1) is 11.3 Å². The lowest BCUT2D eigenvalue weighted by molar-refractivity contribution is -0.137. The number of aryl methyl sites for hydroxylation is 1. The first-order valence-corrected chi connectivity index (χ1v) is 8.59. The second kappa shape index (κ2) is 8.70. The average Bonchev–Trinajstić information content (AvgIpc) is 2.95. The summed E-state index contributed by atoms with van der Waals surface area (Å²) in [6.07, 6.45) is 1.37. The number of carbonyl (C=O) groups is 2. The van der Waals surface area contributed by atoms with Crippen LogP contribution in [0.1, 0.15) is 35.7 Å². The number of hydrogen-bond acceptors (Lipinski definition) is 3. The number of halogens is 1. The Morgan fingerprint density at radius 1 is 1.22 bits per heavy atom. The Labute approximate surface area is 144 Å². The summed E-state index contributed by atoms with van der Waals surface area (Å²) in [6, 6.07) is 11.0. The van der Waals surface area contributed by atoms with E-state index in [1.54, 1.807) is 0 Å². The zero-order valence-corrected chi connectivity index (χ0v) is 14.1. The highest BCUT2D eigenvalue weighted by molar-refractivity contribution is 7.10. The summed E-state index contributed by atoms with van der Waals surface area (Å²) >= 11 is 7.40. The summed E-state index contributed by atoms with van der Waals surface area (Å²) in [5.74, 6) is -0.956. The summed E-state index contributed by atoms with van der Waals surface area (Å²) in [7, 11) is 0. The molecule has 0 aliphatic rings. The number of hydrogen-bond donors (Lipinski definition) is 2. The molecule has 1 atom stereocenters. The number of benzene rings is 1. The molecule has 4 nitrogen and oxygen atoms in total. The second-order valence-corrected chi connectivity index (χ2v) is 6.63. The molecule has 2 aromatic rings. The van der Waals surface area contributed by atoms with Crippen LogP contribution in [0.4, 0.5) is 0 Å². The lowest BCUT2D eigenvalue weighted by Gasteiger charge is -2.18. The number of carboxylic acids is 1. The van der Waals surface area contributed by atoms with Crippen molar-refractivity contribution >= 4 is 34.8 Å². The van der Waals surface area contributed by atoms with Gasteiger partial charge in [0.05, 0.1) is 11.1 Å². The normalized spacial score (nSPS) is 11.9. The highest BCUT2D eigenvalue weighted by Gasteiger charge is 2.16. The summed E-state index contributed by atoms with van der Waals surface area (Å²) in [5.41, 5.74) is 0.918. The molecule has 0 spiro atoms. The van der Waals surface area contributed by atoms with Gasteiger partial charge in [-0.25, -0.2) is 0 Å². The van der Waals surface area contributed by atoms with Crippen LogP contribution in [-0.4, -0.2) is 17.0 Å². The molecule has 2 rings (SSSR count). The molecule has 0 saturated heterocycles. The van der Waals surface area contributed by atoms with E-state index in [1.165, 1.54) is 11.3 Å². The highest BCUT2D eigenvalue weighted by atomic mass is 35.5. The van der Waals surface area contributed by atoms with Crippen LogP contribution in [0.25, 0.3) is 0 Å². The number of rotatable bonds is 8. The Kier molecular flexibility index (Phi) is 6.62. The Bertz CT molecular complexity index is 657. The second-order valence-electron chi connectivity index (χ2n) is 5.19. The molecule has 1 heterocycles.